The minimum Gasteiger partial charge on any atom is -0.478 e. The van der Waals surface area contributed by atoms with Crippen LogP contribution in [0.4, 0.5) is 0 Å². The zero-order valence-corrected chi connectivity index (χ0v) is 13.3. The molecule has 2 aromatic carbocycles. The van der Waals surface area contributed by atoms with Crippen LogP contribution in [0.15, 0.2) is 59.0 Å². The molecule has 0 aliphatic rings. The van der Waals surface area contributed by atoms with E-state index in [0.717, 1.165) is 4.90 Å². The summed E-state index contributed by atoms with van der Waals surface area (Å²) in [4.78, 5) is 12.4. The fourth-order valence-electron chi connectivity index (χ4n) is 1.65. The van der Waals surface area contributed by atoms with Crippen molar-refractivity contribution in [1.29, 1.82) is 0 Å². The molecule has 0 aliphatic heterocycles. The van der Waals surface area contributed by atoms with Crippen LogP contribution in [0.25, 0.3) is 6.08 Å². The van der Waals surface area contributed by atoms with Crippen LogP contribution in [0.1, 0.15) is 5.56 Å². The average Bonchev–Trinajstić information content (AvgIpc) is 2.46. The van der Waals surface area contributed by atoms with Crippen LogP contribution in [-0.2, 0) is 4.79 Å². The Morgan fingerprint density at radius 1 is 1.14 bits per heavy atom. The van der Waals surface area contributed by atoms with Gasteiger partial charge in [-0.25, -0.2) is 4.79 Å². The van der Waals surface area contributed by atoms with Crippen LogP contribution in [-0.4, -0.2) is 16.8 Å². The Morgan fingerprint density at radius 2 is 1.86 bits per heavy atom. The summed E-state index contributed by atoms with van der Waals surface area (Å²) in [6.07, 6.45) is 1.58. The van der Waals surface area contributed by atoms with Gasteiger partial charge in [-0.3, -0.25) is 0 Å². The van der Waals surface area contributed by atoms with Crippen molar-refractivity contribution < 1.29 is 9.90 Å². The van der Waals surface area contributed by atoms with Gasteiger partial charge in [-0.15, -0.1) is 11.8 Å². The molecule has 0 spiro atoms. The highest BCUT2D eigenvalue weighted by atomic mass is 35.5. The molecule has 2 aromatic rings. The fourth-order valence-corrected chi connectivity index (χ4v) is 2.99. The molecule has 0 unspecified atom stereocenters. The number of aliphatic carboxylic acids is 1. The van der Waals surface area contributed by atoms with E-state index in [1.165, 1.54) is 11.8 Å². The number of hydrogen-bond acceptors (Lipinski definition) is 2. The summed E-state index contributed by atoms with van der Waals surface area (Å²) in [7, 11) is 0. The number of carboxylic acid groups (broad SMARTS) is 1. The molecule has 0 amide bonds. The predicted molar refractivity (Wildman–Crippen MR) is 89.2 cm³/mol. The summed E-state index contributed by atoms with van der Waals surface area (Å²) >= 11 is 13.4. The predicted octanol–water partition coefficient (Wildman–Crippen LogP) is 5.25. The first-order valence-corrected chi connectivity index (χ1v) is 7.87. The van der Waals surface area contributed by atoms with E-state index in [1.807, 2.05) is 30.3 Å². The van der Waals surface area contributed by atoms with Crippen molar-refractivity contribution >= 4 is 47.0 Å². The molecule has 0 fully saturated rings. The lowest BCUT2D eigenvalue weighted by atomic mass is 10.1. The Kier molecular flexibility index (Phi) is 5.74. The number of carbonyl (C=O) groups is 1. The van der Waals surface area contributed by atoms with Gasteiger partial charge in [-0.2, -0.15) is 0 Å². The van der Waals surface area contributed by atoms with Gasteiger partial charge in [0.05, 0.1) is 0 Å². The van der Waals surface area contributed by atoms with Crippen LogP contribution >= 0.6 is 35.0 Å². The molecule has 0 aromatic heterocycles. The van der Waals surface area contributed by atoms with Gasteiger partial charge < -0.3 is 5.11 Å². The molecule has 0 heterocycles. The van der Waals surface area contributed by atoms with E-state index in [9.17, 15) is 9.90 Å². The second-order valence-corrected chi connectivity index (χ2v) is 6.13. The second-order valence-electron chi connectivity index (χ2n) is 4.24. The van der Waals surface area contributed by atoms with Gasteiger partial charge >= 0.3 is 5.97 Å². The van der Waals surface area contributed by atoms with Gasteiger partial charge in [0.2, 0.25) is 0 Å². The normalized spacial score (nSPS) is 11.4. The van der Waals surface area contributed by atoms with Crippen LogP contribution in [0, 0.1) is 0 Å². The zero-order valence-electron chi connectivity index (χ0n) is 10.9. The molecule has 0 bridgehead atoms. The van der Waals surface area contributed by atoms with Crippen LogP contribution < -0.4 is 0 Å². The van der Waals surface area contributed by atoms with Crippen molar-refractivity contribution in [1.82, 2.24) is 0 Å². The lowest BCUT2D eigenvalue weighted by molar-refractivity contribution is -0.132. The van der Waals surface area contributed by atoms with E-state index in [4.69, 9.17) is 23.2 Å². The minimum absolute atomic E-state index is 0.285. The molecule has 0 atom stereocenters. The van der Waals surface area contributed by atoms with Gasteiger partial charge in [0.1, 0.15) is 0 Å². The first-order chi connectivity index (χ1) is 10.1. The molecule has 108 valence electrons. The van der Waals surface area contributed by atoms with Crippen molar-refractivity contribution in [3.63, 3.8) is 0 Å². The lowest BCUT2D eigenvalue weighted by Gasteiger charge is -2.05. The van der Waals surface area contributed by atoms with E-state index in [2.05, 4.69) is 0 Å². The highest BCUT2D eigenvalue weighted by Gasteiger charge is 2.10. The summed E-state index contributed by atoms with van der Waals surface area (Å²) in [5.41, 5.74) is 0.931. The van der Waals surface area contributed by atoms with Gasteiger partial charge in [0.15, 0.2) is 0 Å². The maximum atomic E-state index is 11.4. The molecule has 21 heavy (non-hydrogen) atoms. The number of rotatable bonds is 5. The lowest BCUT2D eigenvalue weighted by Crippen LogP contribution is -2.03. The number of thioether (sulfide) groups is 1. The van der Waals surface area contributed by atoms with Gasteiger partial charge in [-0.1, -0.05) is 47.5 Å². The monoisotopic (exact) mass is 338 g/mol. The minimum atomic E-state index is -0.954. The molecule has 0 saturated heterocycles. The molecule has 1 N–H and O–H groups in total. The summed E-state index contributed by atoms with van der Waals surface area (Å²) in [6, 6.07) is 14.6. The molecule has 2 nitrogen and oxygen atoms in total. The number of hydrogen-bond donors (Lipinski definition) is 1. The smallest absolute Gasteiger partial charge is 0.332 e. The molecule has 0 saturated carbocycles. The Bertz CT molecular complexity index is 669. The maximum Gasteiger partial charge on any atom is 0.332 e. The second kappa shape index (κ2) is 7.55. The Hall–Kier alpha value is -1.42. The molecule has 0 aliphatic carbocycles. The first kappa shape index (κ1) is 16.0. The highest BCUT2D eigenvalue weighted by molar-refractivity contribution is 7.99. The largest absolute Gasteiger partial charge is 0.478 e. The Balaban J connectivity index is 2.18. The van der Waals surface area contributed by atoms with E-state index < -0.39 is 5.97 Å². The van der Waals surface area contributed by atoms with Crippen LogP contribution in [0.5, 0.6) is 0 Å². The van der Waals surface area contributed by atoms with Crippen molar-refractivity contribution in [2.75, 3.05) is 5.75 Å². The average molecular weight is 339 g/mol. The third kappa shape index (κ3) is 4.81. The Labute approximate surface area is 137 Å². The van der Waals surface area contributed by atoms with E-state index >= 15 is 0 Å². The maximum absolute atomic E-state index is 11.4. The molecule has 5 heteroatoms. The molecular weight excluding hydrogens is 327 g/mol. The topological polar surface area (TPSA) is 37.3 Å². The van der Waals surface area contributed by atoms with Crippen LogP contribution in [0.2, 0.25) is 10.0 Å². The van der Waals surface area contributed by atoms with Crippen molar-refractivity contribution in [2.45, 2.75) is 4.90 Å². The van der Waals surface area contributed by atoms with Gasteiger partial charge in [-0.05, 0) is 35.9 Å². The third-order valence-corrected chi connectivity index (χ3v) is 4.33. The van der Waals surface area contributed by atoms with Gasteiger partial charge in [0.25, 0.3) is 0 Å². The highest BCUT2D eigenvalue weighted by Crippen LogP contribution is 2.25. The molecule has 2 rings (SSSR count). The number of halogens is 2. The van der Waals surface area contributed by atoms with E-state index in [-0.39, 0.29) is 5.57 Å². The first-order valence-electron chi connectivity index (χ1n) is 6.13. The van der Waals surface area contributed by atoms with Crippen molar-refractivity contribution in [3.8, 4) is 0 Å². The molecular formula is C16H12Cl2O2S. The summed E-state index contributed by atoms with van der Waals surface area (Å²) in [5, 5.41) is 10.3. The number of benzene rings is 2. The summed E-state index contributed by atoms with van der Waals surface area (Å²) in [6.45, 7) is 0. The van der Waals surface area contributed by atoms with E-state index in [1.54, 1.807) is 24.3 Å². The third-order valence-electron chi connectivity index (χ3n) is 2.70. The standard InChI is InChI=1S/C16H12Cl2O2S/c17-13-7-6-11(15(18)9-13)8-12(16(19)20)10-21-14-4-2-1-3-5-14/h1-9H,10H2,(H,19,20)/b12-8+. The quantitative estimate of drug-likeness (QED) is 0.597. The SMILES string of the molecule is O=C(O)/C(=C/c1ccc(Cl)cc1Cl)CSc1ccccc1. The van der Waals surface area contributed by atoms with Crippen molar-refractivity contribution in [3.05, 3.63) is 69.7 Å². The number of carboxylic acids is 1. The van der Waals surface area contributed by atoms with Crippen LogP contribution in [0.3, 0.4) is 0 Å². The Morgan fingerprint density at radius 3 is 2.48 bits per heavy atom. The van der Waals surface area contributed by atoms with E-state index in [0.29, 0.717) is 21.4 Å². The summed E-state index contributed by atoms with van der Waals surface area (Å²) in [5.74, 6) is -0.595. The van der Waals surface area contributed by atoms with Gasteiger partial charge in [0, 0.05) is 26.3 Å². The zero-order chi connectivity index (χ0) is 15.2. The van der Waals surface area contributed by atoms with Crippen molar-refractivity contribution in [2.24, 2.45) is 0 Å². The fraction of sp³-hybridized carbons (Fsp3) is 0.0625. The summed E-state index contributed by atoms with van der Waals surface area (Å²) < 4.78 is 0. The molecule has 0 radical (unpaired) electrons.